The number of rotatable bonds is 4. The number of hydrogen-bond donors (Lipinski definition) is 0. The van der Waals surface area contributed by atoms with Gasteiger partial charge in [0.05, 0.1) is 5.56 Å². The quantitative estimate of drug-likeness (QED) is 0.622. The lowest BCUT2D eigenvalue weighted by atomic mass is 9.96. The maximum Gasteiger partial charge on any atom is 0.156 e. The van der Waals surface area contributed by atoms with Crippen LogP contribution in [0.4, 0.5) is 5.82 Å². The highest BCUT2D eigenvalue weighted by atomic mass is 35.5. The fraction of sp³-hybridized carbons (Fsp3) is 0.615. The highest BCUT2D eigenvalue weighted by Crippen LogP contribution is 2.26. The van der Waals surface area contributed by atoms with Gasteiger partial charge in [-0.3, -0.25) is 4.79 Å². The number of piperidine rings is 1. The topological polar surface area (TPSA) is 49.3 Å². The van der Waals surface area contributed by atoms with Crippen molar-refractivity contribution in [3.8, 4) is 0 Å². The van der Waals surface area contributed by atoms with E-state index in [0.29, 0.717) is 17.3 Å². The van der Waals surface area contributed by atoms with E-state index in [0.717, 1.165) is 38.8 Å². The Bertz CT molecular complexity index is 444. The summed E-state index contributed by atoms with van der Waals surface area (Å²) in [6.45, 7) is 2.93. The molecule has 19 heavy (non-hydrogen) atoms. The maximum absolute atomic E-state index is 11.1. The van der Waals surface area contributed by atoms with Crippen molar-refractivity contribution in [3.05, 3.63) is 17.0 Å². The molecule has 6 heteroatoms. The van der Waals surface area contributed by atoms with Gasteiger partial charge in [-0.2, -0.15) is 0 Å². The standard InChI is InChI=1S/C13H19ClN4O/c1-17(2)7-10-3-5-18(6-4-10)13-11(8-19)12(14)15-9-16-13/h8-10H,3-7H2,1-2H3. The van der Waals surface area contributed by atoms with Gasteiger partial charge >= 0.3 is 0 Å². The molecular formula is C13H19ClN4O. The van der Waals surface area contributed by atoms with Crippen LogP contribution in [0.15, 0.2) is 6.33 Å². The van der Waals surface area contributed by atoms with Crippen LogP contribution < -0.4 is 4.90 Å². The highest BCUT2D eigenvalue weighted by molar-refractivity contribution is 6.32. The third kappa shape index (κ3) is 3.42. The number of nitrogens with zero attached hydrogens (tertiary/aromatic N) is 4. The number of carbonyl (C=O) groups is 1. The van der Waals surface area contributed by atoms with E-state index in [-0.39, 0.29) is 5.15 Å². The van der Waals surface area contributed by atoms with Gasteiger partial charge in [0.2, 0.25) is 0 Å². The van der Waals surface area contributed by atoms with E-state index in [9.17, 15) is 4.79 Å². The third-order valence-corrected chi connectivity index (χ3v) is 3.77. The molecule has 1 aromatic heterocycles. The van der Waals surface area contributed by atoms with Gasteiger partial charge in [-0.1, -0.05) is 11.6 Å². The summed E-state index contributed by atoms with van der Waals surface area (Å²) in [4.78, 5) is 23.5. The largest absolute Gasteiger partial charge is 0.356 e. The summed E-state index contributed by atoms with van der Waals surface area (Å²) < 4.78 is 0. The second-order valence-corrected chi connectivity index (χ2v) is 5.57. The molecule has 1 aliphatic heterocycles. The Morgan fingerprint density at radius 1 is 1.42 bits per heavy atom. The fourth-order valence-corrected chi connectivity index (χ4v) is 2.74. The highest BCUT2D eigenvalue weighted by Gasteiger charge is 2.23. The van der Waals surface area contributed by atoms with Gasteiger partial charge in [0.15, 0.2) is 6.29 Å². The van der Waals surface area contributed by atoms with Crippen LogP contribution in [0.2, 0.25) is 5.15 Å². The summed E-state index contributed by atoms with van der Waals surface area (Å²) in [6.07, 6.45) is 4.37. The zero-order valence-electron chi connectivity index (χ0n) is 11.3. The molecule has 0 saturated carbocycles. The van der Waals surface area contributed by atoms with Crippen LogP contribution in [0.1, 0.15) is 23.2 Å². The Labute approximate surface area is 118 Å². The molecule has 0 amide bonds. The Kier molecular flexibility index (Phi) is 4.71. The molecule has 0 atom stereocenters. The van der Waals surface area contributed by atoms with Crippen LogP contribution in [0, 0.1) is 5.92 Å². The molecule has 0 radical (unpaired) electrons. The van der Waals surface area contributed by atoms with E-state index >= 15 is 0 Å². The van der Waals surface area contributed by atoms with Gasteiger partial charge in [0.1, 0.15) is 17.3 Å². The minimum absolute atomic E-state index is 0.232. The zero-order chi connectivity index (χ0) is 13.8. The van der Waals surface area contributed by atoms with Crippen molar-refractivity contribution in [3.63, 3.8) is 0 Å². The fourth-order valence-electron chi connectivity index (χ4n) is 2.56. The molecule has 1 aromatic rings. The first kappa shape index (κ1) is 14.2. The number of halogens is 1. The lowest BCUT2D eigenvalue weighted by molar-refractivity contribution is 0.112. The van der Waals surface area contributed by atoms with Crippen LogP contribution in [-0.2, 0) is 0 Å². The predicted octanol–water partition coefficient (Wildman–Crippen LogP) is 1.72. The molecule has 2 heterocycles. The van der Waals surface area contributed by atoms with Crippen molar-refractivity contribution >= 4 is 23.7 Å². The summed E-state index contributed by atoms with van der Waals surface area (Å²) in [5, 5.41) is 0.232. The lowest BCUT2D eigenvalue weighted by Gasteiger charge is -2.34. The van der Waals surface area contributed by atoms with Crippen LogP contribution >= 0.6 is 11.6 Å². The molecule has 2 rings (SSSR count). The summed E-state index contributed by atoms with van der Waals surface area (Å²) in [7, 11) is 4.20. The van der Waals surface area contributed by atoms with E-state index in [2.05, 4.69) is 33.9 Å². The molecule has 0 unspecified atom stereocenters. The molecule has 1 saturated heterocycles. The Balaban J connectivity index is 2.05. The summed E-state index contributed by atoms with van der Waals surface area (Å²) in [5.41, 5.74) is 0.398. The predicted molar refractivity (Wildman–Crippen MR) is 75.9 cm³/mol. The van der Waals surface area contributed by atoms with Crippen molar-refractivity contribution in [1.29, 1.82) is 0 Å². The number of carbonyl (C=O) groups excluding carboxylic acids is 1. The Hall–Kier alpha value is -1.20. The van der Waals surface area contributed by atoms with Crippen molar-refractivity contribution in [2.24, 2.45) is 5.92 Å². The van der Waals surface area contributed by atoms with Gasteiger partial charge in [-0.15, -0.1) is 0 Å². The van der Waals surface area contributed by atoms with Crippen LogP contribution in [-0.4, -0.2) is 54.9 Å². The maximum atomic E-state index is 11.1. The van der Waals surface area contributed by atoms with Crippen LogP contribution in [0.25, 0.3) is 0 Å². The van der Waals surface area contributed by atoms with Crippen molar-refractivity contribution < 1.29 is 4.79 Å². The number of aromatic nitrogens is 2. The number of hydrogen-bond acceptors (Lipinski definition) is 5. The van der Waals surface area contributed by atoms with Gasteiger partial charge < -0.3 is 9.80 Å². The van der Waals surface area contributed by atoms with E-state index in [1.165, 1.54) is 6.33 Å². The van der Waals surface area contributed by atoms with Gasteiger partial charge in [-0.05, 0) is 32.9 Å². The first-order valence-electron chi connectivity index (χ1n) is 6.47. The molecule has 1 fully saturated rings. The SMILES string of the molecule is CN(C)CC1CCN(c2ncnc(Cl)c2C=O)CC1. The second kappa shape index (κ2) is 6.30. The van der Waals surface area contributed by atoms with Crippen molar-refractivity contribution in [2.45, 2.75) is 12.8 Å². The average molecular weight is 283 g/mol. The molecule has 1 aliphatic rings. The molecule has 104 valence electrons. The van der Waals surface area contributed by atoms with Crippen molar-refractivity contribution in [1.82, 2.24) is 14.9 Å². The summed E-state index contributed by atoms with van der Waals surface area (Å²) in [6, 6.07) is 0. The molecule has 5 nitrogen and oxygen atoms in total. The van der Waals surface area contributed by atoms with E-state index in [1.54, 1.807) is 0 Å². The van der Waals surface area contributed by atoms with Gasteiger partial charge in [0, 0.05) is 19.6 Å². The normalized spacial score (nSPS) is 16.9. The van der Waals surface area contributed by atoms with Gasteiger partial charge in [-0.25, -0.2) is 9.97 Å². The minimum atomic E-state index is 0.232. The smallest absolute Gasteiger partial charge is 0.156 e. The molecule has 0 aliphatic carbocycles. The lowest BCUT2D eigenvalue weighted by Crippen LogP contribution is -2.38. The third-order valence-electron chi connectivity index (χ3n) is 3.47. The molecular weight excluding hydrogens is 264 g/mol. The van der Waals surface area contributed by atoms with Crippen molar-refractivity contribution in [2.75, 3.05) is 38.6 Å². The molecule has 0 bridgehead atoms. The van der Waals surface area contributed by atoms with Crippen LogP contribution in [0.3, 0.4) is 0 Å². The Morgan fingerprint density at radius 3 is 2.68 bits per heavy atom. The summed E-state index contributed by atoms with van der Waals surface area (Å²) in [5.74, 6) is 1.38. The number of anilines is 1. The van der Waals surface area contributed by atoms with E-state index < -0.39 is 0 Å². The summed E-state index contributed by atoms with van der Waals surface area (Å²) >= 11 is 5.93. The first-order valence-corrected chi connectivity index (χ1v) is 6.85. The molecule has 0 spiro atoms. The molecule has 0 N–H and O–H groups in total. The average Bonchev–Trinajstić information content (AvgIpc) is 2.38. The second-order valence-electron chi connectivity index (χ2n) is 5.21. The number of aldehydes is 1. The van der Waals surface area contributed by atoms with Gasteiger partial charge in [0.25, 0.3) is 0 Å². The molecule has 0 aromatic carbocycles. The Morgan fingerprint density at radius 2 is 2.11 bits per heavy atom. The zero-order valence-corrected chi connectivity index (χ0v) is 12.1. The van der Waals surface area contributed by atoms with E-state index in [4.69, 9.17) is 11.6 Å². The minimum Gasteiger partial charge on any atom is -0.356 e. The first-order chi connectivity index (χ1) is 9.11. The van der Waals surface area contributed by atoms with E-state index in [1.807, 2.05) is 0 Å². The monoisotopic (exact) mass is 282 g/mol. The van der Waals surface area contributed by atoms with Crippen LogP contribution in [0.5, 0.6) is 0 Å².